The van der Waals surface area contributed by atoms with Crippen LogP contribution in [0.2, 0.25) is 0 Å². The van der Waals surface area contributed by atoms with E-state index in [1.54, 1.807) is 13.8 Å². The lowest BCUT2D eigenvalue weighted by molar-refractivity contribution is -0.127. The van der Waals surface area contributed by atoms with Crippen molar-refractivity contribution in [1.82, 2.24) is 16.0 Å². The maximum absolute atomic E-state index is 12.7. The summed E-state index contributed by atoms with van der Waals surface area (Å²) in [5, 5.41) is 8.92. The molecule has 0 aliphatic rings. The molecule has 0 radical (unpaired) electrons. The van der Waals surface area contributed by atoms with Crippen LogP contribution in [0.5, 0.6) is 0 Å². The van der Waals surface area contributed by atoms with Crippen LogP contribution in [-0.2, 0) is 20.9 Å². The predicted molar refractivity (Wildman–Crippen MR) is 119 cm³/mol. The van der Waals surface area contributed by atoms with Gasteiger partial charge < -0.3 is 20.1 Å². The summed E-state index contributed by atoms with van der Waals surface area (Å²) in [6.45, 7) is 16.0. The summed E-state index contributed by atoms with van der Waals surface area (Å²) >= 11 is 0. The van der Waals surface area contributed by atoms with Gasteiger partial charge in [0.25, 0.3) is 0 Å². The van der Waals surface area contributed by atoms with Crippen molar-refractivity contribution in [3.63, 3.8) is 0 Å². The third kappa shape index (κ3) is 10.1. The summed E-state index contributed by atoms with van der Waals surface area (Å²) in [7, 11) is 0. The van der Waals surface area contributed by atoms with Crippen LogP contribution in [0.4, 0.5) is 4.79 Å². The van der Waals surface area contributed by atoms with Crippen LogP contribution in [0.1, 0.15) is 61.0 Å². The largest absolute Gasteiger partial charge is 0.444 e. The highest BCUT2D eigenvalue weighted by molar-refractivity contribution is 5.85. The Morgan fingerprint density at radius 3 is 2.10 bits per heavy atom. The Morgan fingerprint density at radius 2 is 1.57 bits per heavy atom. The first-order valence-corrected chi connectivity index (χ1v) is 10.4. The summed E-state index contributed by atoms with van der Waals surface area (Å²) in [4.78, 5) is 24.9. The molecule has 2 amide bonds. The maximum atomic E-state index is 12.7. The van der Waals surface area contributed by atoms with Crippen LogP contribution in [0.3, 0.4) is 0 Å². The predicted octanol–water partition coefficient (Wildman–Crippen LogP) is 3.58. The lowest BCUT2D eigenvalue weighted by Gasteiger charge is -2.34. The topological polar surface area (TPSA) is 88.7 Å². The van der Waals surface area contributed by atoms with Gasteiger partial charge in [-0.3, -0.25) is 10.1 Å². The summed E-state index contributed by atoms with van der Waals surface area (Å²) in [6.07, 6.45) is -0.497. The Labute approximate surface area is 181 Å². The van der Waals surface area contributed by atoms with Crippen molar-refractivity contribution < 1.29 is 19.1 Å². The highest BCUT2D eigenvalue weighted by atomic mass is 16.6. The molecule has 7 nitrogen and oxygen atoms in total. The van der Waals surface area contributed by atoms with Crippen LogP contribution in [-0.4, -0.2) is 42.5 Å². The van der Waals surface area contributed by atoms with Gasteiger partial charge in [0.05, 0.1) is 24.9 Å². The van der Waals surface area contributed by atoms with E-state index in [0.29, 0.717) is 6.61 Å². The molecule has 1 rings (SSSR count). The van der Waals surface area contributed by atoms with Crippen LogP contribution in [0, 0.1) is 5.41 Å². The van der Waals surface area contributed by atoms with Crippen molar-refractivity contribution >= 4 is 12.0 Å². The van der Waals surface area contributed by atoms with E-state index in [2.05, 4.69) is 16.0 Å². The fourth-order valence-electron chi connectivity index (χ4n) is 2.49. The molecule has 0 spiro atoms. The average molecular weight is 422 g/mol. The van der Waals surface area contributed by atoms with Gasteiger partial charge in [-0.05, 0) is 45.6 Å². The average Bonchev–Trinajstić information content (AvgIpc) is 2.60. The molecule has 0 aromatic heterocycles. The molecule has 1 aromatic rings. The maximum Gasteiger partial charge on any atom is 0.407 e. The SMILES string of the molecule is CC(C)(C)OC(=O)N[C@H](CNC(=O)C(C)(C)NCOCc1ccccc1)C(C)(C)C. The van der Waals surface area contributed by atoms with Crippen LogP contribution in [0.25, 0.3) is 0 Å². The zero-order chi connectivity index (χ0) is 23.0. The molecule has 0 unspecified atom stereocenters. The first-order valence-electron chi connectivity index (χ1n) is 10.4. The minimum atomic E-state index is -0.828. The summed E-state index contributed by atoms with van der Waals surface area (Å²) in [5.41, 5.74) is -0.602. The number of carbonyl (C=O) groups is 2. The number of amides is 2. The number of benzene rings is 1. The number of rotatable bonds is 9. The Morgan fingerprint density at radius 1 is 0.967 bits per heavy atom. The van der Waals surface area contributed by atoms with Gasteiger partial charge in [0.15, 0.2) is 0 Å². The van der Waals surface area contributed by atoms with E-state index in [4.69, 9.17) is 9.47 Å². The van der Waals surface area contributed by atoms with E-state index in [1.807, 2.05) is 71.9 Å². The molecular formula is C23H39N3O4. The van der Waals surface area contributed by atoms with Gasteiger partial charge in [0.1, 0.15) is 5.60 Å². The first kappa shape index (κ1) is 25.9. The molecule has 0 bridgehead atoms. The van der Waals surface area contributed by atoms with E-state index < -0.39 is 17.2 Å². The van der Waals surface area contributed by atoms with Gasteiger partial charge >= 0.3 is 6.09 Å². The van der Waals surface area contributed by atoms with Crippen molar-refractivity contribution in [2.45, 2.75) is 79.2 Å². The number of hydrogen-bond acceptors (Lipinski definition) is 5. The van der Waals surface area contributed by atoms with Crippen molar-refractivity contribution in [2.75, 3.05) is 13.3 Å². The van der Waals surface area contributed by atoms with E-state index >= 15 is 0 Å². The number of nitrogens with one attached hydrogen (secondary N) is 3. The van der Waals surface area contributed by atoms with Gasteiger partial charge in [-0.25, -0.2) is 4.79 Å². The highest BCUT2D eigenvalue weighted by Crippen LogP contribution is 2.20. The minimum Gasteiger partial charge on any atom is -0.444 e. The molecule has 0 saturated carbocycles. The fraction of sp³-hybridized carbons (Fsp3) is 0.652. The van der Waals surface area contributed by atoms with E-state index in [-0.39, 0.29) is 30.6 Å². The fourth-order valence-corrected chi connectivity index (χ4v) is 2.49. The third-order valence-corrected chi connectivity index (χ3v) is 4.50. The van der Waals surface area contributed by atoms with Crippen molar-refractivity contribution in [2.24, 2.45) is 5.41 Å². The molecule has 3 N–H and O–H groups in total. The second-order valence-corrected chi connectivity index (χ2v) is 10.1. The molecule has 0 aliphatic heterocycles. The van der Waals surface area contributed by atoms with Gasteiger partial charge in [-0.15, -0.1) is 0 Å². The molecule has 7 heteroatoms. The Balaban J connectivity index is 2.52. The lowest BCUT2D eigenvalue weighted by Crippen LogP contribution is -2.57. The van der Waals surface area contributed by atoms with Crippen molar-refractivity contribution in [3.8, 4) is 0 Å². The Bertz CT molecular complexity index is 676. The normalized spacial score (nSPS) is 13.5. The standard InChI is InChI=1S/C23H39N3O4/c1-21(2,3)18(26-20(28)30-22(4,5)6)14-24-19(27)23(7,8)25-16-29-15-17-12-10-9-11-13-17/h9-13,18,25H,14-16H2,1-8H3,(H,24,27)(H,26,28)/t18-/m1/s1. The molecule has 0 aliphatic carbocycles. The van der Waals surface area contributed by atoms with Gasteiger partial charge in [0, 0.05) is 6.54 Å². The van der Waals surface area contributed by atoms with E-state index in [1.165, 1.54) is 0 Å². The smallest absolute Gasteiger partial charge is 0.407 e. The van der Waals surface area contributed by atoms with Gasteiger partial charge in [-0.1, -0.05) is 51.1 Å². The number of alkyl carbamates (subject to hydrolysis) is 1. The third-order valence-electron chi connectivity index (χ3n) is 4.50. The second-order valence-electron chi connectivity index (χ2n) is 10.1. The monoisotopic (exact) mass is 421 g/mol. The van der Waals surface area contributed by atoms with Crippen molar-refractivity contribution in [3.05, 3.63) is 35.9 Å². The van der Waals surface area contributed by atoms with E-state index in [0.717, 1.165) is 5.56 Å². The van der Waals surface area contributed by atoms with Crippen LogP contribution in [0.15, 0.2) is 30.3 Å². The summed E-state index contributed by atoms with van der Waals surface area (Å²) in [5.74, 6) is -0.175. The van der Waals surface area contributed by atoms with Crippen LogP contribution < -0.4 is 16.0 Å². The lowest BCUT2D eigenvalue weighted by atomic mass is 9.86. The molecule has 30 heavy (non-hydrogen) atoms. The quantitative estimate of drug-likeness (QED) is 0.419. The first-order chi connectivity index (χ1) is 13.7. The highest BCUT2D eigenvalue weighted by Gasteiger charge is 2.32. The summed E-state index contributed by atoms with van der Waals surface area (Å²) in [6, 6.07) is 9.56. The number of carbonyl (C=O) groups excluding carboxylic acids is 2. The zero-order valence-electron chi connectivity index (χ0n) is 19.7. The Hall–Kier alpha value is -2.12. The molecular weight excluding hydrogens is 382 g/mol. The molecule has 0 saturated heterocycles. The summed E-state index contributed by atoms with van der Waals surface area (Å²) < 4.78 is 11.0. The van der Waals surface area contributed by atoms with Crippen LogP contribution >= 0.6 is 0 Å². The Kier molecular flexibility index (Phi) is 9.31. The number of hydrogen-bond donors (Lipinski definition) is 3. The molecule has 0 fully saturated rings. The molecule has 1 aromatic carbocycles. The van der Waals surface area contributed by atoms with Crippen molar-refractivity contribution in [1.29, 1.82) is 0 Å². The molecule has 170 valence electrons. The molecule has 0 heterocycles. The molecule has 1 atom stereocenters. The van der Waals surface area contributed by atoms with Gasteiger partial charge in [-0.2, -0.15) is 0 Å². The zero-order valence-corrected chi connectivity index (χ0v) is 19.7. The number of ether oxygens (including phenoxy) is 2. The van der Waals surface area contributed by atoms with Gasteiger partial charge in [0.2, 0.25) is 5.91 Å². The second kappa shape index (κ2) is 10.8. The van der Waals surface area contributed by atoms with E-state index in [9.17, 15) is 9.59 Å². The minimum absolute atomic E-state index is 0.175.